The van der Waals surface area contributed by atoms with Gasteiger partial charge >= 0.3 is 0 Å². The first-order valence-electron chi connectivity index (χ1n) is 7.90. The van der Waals surface area contributed by atoms with Crippen LogP contribution in [0.15, 0.2) is 48.5 Å². The Kier molecular flexibility index (Phi) is 6.03. The first-order valence-corrected chi connectivity index (χ1v) is 7.90. The highest BCUT2D eigenvalue weighted by atomic mass is 16.5. The summed E-state index contributed by atoms with van der Waals surface area (Å²) in [7, 11) is 0. The number of nitrogens with two attached hydrogens (primary N) is 1. The smallest absolute Gasteiger partial charge is 0.251 e. The summed E-state index contributed by atoms with van der Waals surface area (Å²) in [4.78, 5) is 12.2. The molecule has 0 atom stereocenters. The molecule has 0 aliphatic heterocycles. The molecule has 2 aromatic carbocycles. The summed E-state index contributed by atoms with van der Waals surface area (Å²) >= 11 is 0. The third-order valence-corrected chi connectivity index (χ3v) is 3.36. The van der Waals surface area contributed by atoms with Gasteiger partial charge in [-0.25, -0.2) is 0 Å². The maximum absolute atomic E-state index is 12.2. The molecule has 4 nitrogen and oxygen atoms in total. The van der Waals surface area contributed by atoms with Crippen LogP contribution in [0.4, 0.5) is 5.69 Å². The number of benzene rings is 2. The van der Waals surface area contributed by atoms with E-state index in [9.17, 15) is 4.79 Å². The molecule has 2 aromatic rings. The summed E-state index contributed by atoms with van der Waals surface area (Å²) in [6, 6.07) is 15.0. The van der Waals surface area contributed by atoms with Gasteiger partial charge in [0.25, 0.3) is 5.91 Å². The van der Waals surface area contributed by atoms with E-state index < -0.39 is 0 Å². The minimum atomic E-state index is -0.0876. The van der Waals surface area contributed by atoms with E-state index in [2.05, 4.69) is 19.2 Å². The van der Waals surface area contributed by atoms with E-state index >= 15 is 0 Å². The van der Waals surface area contributed by atoms with Gasteiger partial charge in [0.1, 0.15) is 5.75 Å². The molecule has 0 aliphatic carbocycles. The molecule has 0 spiro atoms. The lowest BCUT2D eigenvalue weighted by atomic mass is 10.1. The molecule has 122 valence electrons. The predicted molar refractivity (Wildman–Crippen MR) is 93.7 cm³/mol. The van der Waals surface area contributed by atoms with Crippen molar-refractivity contribution in [1.29, 1.82) is 0 Å². The number of nitrogens with one attached hydrogen (secondary N) is 1. The zero-order valence-electron chi connectivity index (χ0n) is 13.7. The van der Waals surface area contributed by atoms with Gasteiger partial charge in [-0.2, -0.15) is 0 Å². The van der Waals surface area contributed by atoms with Crippen molar-refractivity contribution < 1.29 is 9.53 Å². The Morgan fingerprint density at radius 1 is 1.17 bits per heavy atom. The van der Waals surface area contributed by atoms with Crippen molar-refractivity contribution in [2.75, 3.05) is 18.9 Å². The molecule has 0 saturated heterocycles. The number of ether oxygens (including phenoxy) is 1. The maximum atomic E-state index is 12.2. The largest absolute Gasteiger partial charge is 0.493 e. The molecule has 0 heterocycles. The second kappa shape index (κ2) is 8.22. The molecular weight excluding hydrogens is 288 g/mol. The van der Waals surface area contributed by atoms with Gasteiger partial charge in [-0.3, -0.25) is 4.79 Å². The number of carbonyl (C=O) groups is 1. The number of anilines is 1. The molecule has 23 heavy (non-hydrogen) atoms. The van der Waals surface area contributed by atoms with Gasteiger partial charge in [-0.1, -0.05) is 32.0 Å². The fraction of sp³-hybridized carbons (Fsp3) is 0.316. The highest BCUT2D eigenvalue weighted by Crippen LogP contribution is 2.14. The minimum Gasteiger partial charge on any atom is -0.493 e. The fourth-order valence-electron chi connectivity index (χ4n) is 2.10. The topological polar surface area (TPSA) is 64.3 Å². The molecule has 3 N–H and O–H groups in total. The standard InChI is InChI=1S/C19H24N2O2/c1-14(2)13-23-18-5-3-4-16(12-18)19(22)21-11-10-15-6-8-17(20)9-7-15/h3-9,12,14H,10-11,13,20H2,1-2H3,(H,21,22). The van der Waals surface area contributed by atoms with E-state index in [0.717, 1.165) is 23.4 Å². The van der Waals surface area contributed by atoms with E-state index in [-0.39, 0.29) is 5.91 Å². The van der Waals surface area contributed by atoms with Crippen molar-refractivity contribution >= 4 is 11.6 Å². The number of amides is 1. The van der Waals surface area contributed by atoms with E-state index in [0.29, 0.717) is 24.6 Å². The van der Waals surface area contributed by atoms with Crippen LogP contribution in [0.5, 0.6) is 5.75 Å². The summed E-state index contributed by atoms with van der Waals surface area (Å²) in [5.74, 6) is 1.09. The Labute approximate surface area is 137 Å². The number of carbonyl (C=O) groups excluding carboxylic acids is 1. The SMILES string of the molecule is CC(C)COc1cccc(C(=O)NCCc2ccc(N)cc2)c1. The third-order valence-electron chi connectivity index (χ3n) is 3.36. The Hall–Kier alpha value is -2.49. The van der Waals surface area contributed by atoms with Crippen molar-refractivity contribution in [3.05, 3.63) is 59.7 Å². The molecule has 2 rings (SSSR count). The summed E-state index contributed by atoms with van der Waals surface area (Å²) in [6.07, 6.45) is 0.773. The number of nitrogen functional groups attached to an aromatic ring is 1. The second-order valence-electron chi connectivity index (χ2n) is 5.98. The highest BCUT2D eigenvalue weighted by Gasteiger charge is 2.07. The van der Waals surface area contributed by atoms with Gasteiger partial charge in [-0.15, -0.1) is 0 Å². The van der Waals surface area contributed by atoms with Gasteiger partial charge in [0.15, 0.2) is 0 Å². The molecular formula is C19H24N2O2. The first-order chi connectivity index (χ1) is 11.0. The molecule has 0 aromatic heterocycles. The van der Waals surface area contributed by atoms with Crippen LogP contribution in [0.25, 0.3) is 0 Å². The van der Waals surface area contributed by atoms with Crippen LogP contribution in [-0.4, -0.2) is 19.1 Å². The van der Waals surface area contributed by atoms with Gasteiger partial charge < -0.3 is 15.8 Å². The van der Waals surface area contributed by atoms with Crippen molar-refractivity contribution in [3.63, 3.8) is 0 Å². The summed E-state index contributed by atoms with van der Waals surface area (Å²) in [6.45, 7) is 5.41. The molecule has 0 saturated carbocycles. The molecule has 0 bridgehead atoms. The van der Waals surface area contributed by atoms with Crippen LogP contribution in [0.2, 0.25) is 0 Å². The zero-order chi connectivity index (χ0) is 16.7. The third kappa shape index (κ3) is 5.66. The van der Waals surface area contributed by atoms with Crippen LogP contribution in [0, 0.1) is 5.92 Å². The lowest BCUT2D eigenvalue weighted by Gasteiger charge is -2.10. The number of rotatable bonds is 7. The molecule has 4 heteroatoms. The van der Waals surface area contributed by atoms with Gasteiger partial charge in [-0.05, 0) is 48.2 Å². The maximum Gasteiger partial charge on any atom is 0.251 e. The van der Waals surface area contributed by atoms with Crippen LogP contribution in [0.1, 0.15) is 29.8 Å². The Morgan fingerprint density at radius 2 is 1.91 bits per heavy atom. The second-order valence-corrected chi connectivity index (χ2v) is 5.98. The molecule has 0 fully saturated rings. The average molecular weight is 312 g/mol. The Morgan fingerprint density at radius 3 is 2.61 bits per heavy atom. The van der Waals surface area contributed by atoms with E-state index in [4.69, 9.17) is 10.5 Å². The fourth-order valence-corrected chi connectivity index (χ4v) is 2.10. The van der Waals surface area contributed by atoms with Gasteiger partial charge in [0.05, 0.1) is 6.61 Å². The number of hydrogen-bond donors (Lipinski definition) is 2. The molecule has 1 amide bonds. The first kappa shape index (κ1) is 16.9. The molecule has 0 aliphatic rings. The van der Waals surface area contributed by atoms with Gasteiger partial charge in [0.2, 0.25) is 0 Å². The minimum absolute atomic E-state index is 0.0876. The van der Waals surface area contributed by atoms with E-state index in [1.165, 1.54) is 0 Å². The lowest BCUT2D eigenvalue weighted by molar-refractivity contribution is 0.0953. The van der Waals surface area contributed by atoms with E-state index in [1.54, 1.807) is 12.1 Å². The van der Waals surface area contributed by atoms with Crippen molar-refractivity contribution in [1.82, 2.24) is 5.32 Å². The monoisotopic (exact) mass is 312 g/mol. The normalized spacial score (nSPS) is 10.6. The lowest BCUT2D eigenvalue weighted by Crippen LogP contribution is -2.25. The highest BCUT2D eigenvalue weighted by molar-refractivity contribution is 5.94. The van der Waals surface area contributed by atoms with Crippen molar-refractivity contribution in [2.45, 2.75) is 20.3 Å². The van der Waals surface area contributed by atoms with Crippen molar-refractivity contribution in [2.24, 2.45) is 5.92 Å². The Bertz CT molecular complexity index is 636. The van der Waals surface area contributed by atoms with Crippen LogP contribution in [0.3, 0.4) is 0 Å². The van der Waals surface area contributed by atoms with Crippen LogP contribution >= 0.6 is 0 Å². The van der Waals surface area contributed by atoms with Gasteiger partial charge in [0, 0.05) is 17.8 Å². The summed E-state index contributed by atoms with van der Waals surface area (Å²) in [5, 5.41) is 2.93. The summed E-state index contributed by atoms with van der Waals surface area (Å²) in [5.41, 5.74) is 8.16. The zero-order valence-corrected chi connectivity index (χ0v) is 13.7. The van der Waals surface area contributed by atoms with Crippen LogP contribution < -0.4 is 15.8 Å². The predicted octanol–water partition coefficient (Wildman–Crippen LogP) is 3.28. The quantitative estimate of drug-likeness (QED) is 0.771. The van der Waals surface area contributed by atoms with Crippen molar-refractivity contribution in [3.8, 4) is 5.75 Å². The Balaban J connectivity index is 1.85. The summed E-state index contributed by atoms with van der Waals surface area (Å²) < 4.78 is 5.65. The molecule has 0 unspecified atom stereocenters. The van der Waals surface area contributed by atoms with E-state index in [1.807, 2.05) is 36.4 Å². The number of hydrogen-bond acceptors (Lipinski definition) is 3. The average Bonchev–Trinajstić information content (AvgIpc) is 2.55. The molecule has 0 radical (unpaired) electrons. The van der Waals surface area contributed by atoms with Crippen LogP contribution in [-0.2, 0) is 6.42 Å².